The highest BCUT2D eigenvalue weighted by Gasteiger charge is 2.21. The number of benzene rings is 3. The molecule has 0 saturated heterocycles. The molecule has 8 heteroatoms. The van der Waals surface area contributed by atoms with Crippen LogP contribution in [0.1, 0.15) is 32.7 Å². The van der Waals surface area contributed by atoms with Gasteiger partial charge in [-0.3, -0.25) is 19.8 Å². The third kappa shape index (κ3) is 5.78. The van der Waals surface area contributed by atoms with Crippen molar-refractivity contribution in [2.45, 2.75) is 27.3 Å². The minimum atomic E-state index is -0.877. The van der Waals surface area contributed by atoms with Gasteiger partial charge in [0.2, 0.25) is 0 Å². The zero-order valence-corrected chi connectivity index (χ0v) is 21.2. The molecule has 3 aromatic carbocycles. The van der Waals surface area contributed by atoms with E-state index in [2.05, 4.69) is 32.0 Å². The van der Waals surface area contributed by atoms with Crippen molar-refractivity contribution in [3.63, 3.8) is 0 Å². The summed E-state index contributed by atoms with van der Waals surface area (Å²) in [4.78, 5) is 38.4. The summed E-state index contributed by atoms with van der Waals surface area (Å²) < 4.78 is 2.17. The smallest absolute Gasteiger partial charge is 0.328 e. The second-order valence-electron chi connectivity index (χ2n) is 8.51. The molecule has 1 aromatic heterocycles. The molecule has 0 saturated carbocycles. The number of anilines is 1. The fourth-order valence-electron chi connectivity index (χ4n) is 3.84. The molecule has 7 nitrogen and oxygen atoms in total. The third-order valence-electron chi connectivity index (χ3n) is 5.47. The zero-order chi connectivity index (χ0) is 25.1. The SMILES string of the molecule is Cc1ccc(CNC(=O)C(=O)Nn2c(C(=O)Nc3cc(C)cc(C)c3)cc3cc(Br)ccc32)cc1. The van der Waals surface area contributed by atoms with E-state index in [-0.39, 0.29) is 12.2 Å². The van der Waals surface area contributed by atoms with E-state index < -0.39 is 17.7 Å². The fourth-order valence-corrected chi connectivity index (χ4v) is 4.22. The average Bonchev–Trinajstić information content (AvgIpc) is 3.15. The molecule has 35 heavy (non-hydrogen) atoms. The second kappa shape index (κ2) is 10.1. The third-order valence-corrected chi connectivity index (χ3v) is 5.96. The van der Waals surface area contributed by atoms with Gasteiger partial charge >= 0.3 is 11.8 Å². The molecule has 0 spiro atoms. The van der Waals surface area contributed by atoms with E-state index in [0.717, 1.165) is 32.1 Å². The predicted octanol–water partition coefficient (Wildman–Crippen LogP) is 4.97. The Morgan fingerprint density at radius 2 is 1.49 bits per heavy atom. The Morgan fingerprint density at radius 1 is 0.800 bits per heavy atom. The number of halogens is 1. The van der Waals surface area contributed by atoms with Crippen molar-refractivity contribution in [2.75, 3.05) is 10.7 Å². The van der Waals surface area contributed by atoms with Gasteiger partial charge in [0.25, 0.3) is 5.91 Å². The van der Waals surface area contributed by atoms with E-state index >= 15 is 0 Å². The van der Waals surface area contributed by atoms with Crippen molar-refractivity contribution in [3.8, 4) is 0 Å². The lowest BCUT2D eigenvalue weighted by molar-refractivity contribution is -0.136. The lowest BCUT2D eigenvalue weighted by atomic mass is 10.1. The molecule has 0 fully saturated rings. The minimum Gasteiger partial charge on any atom is -0.344 e. The van der Waals surface area contributed by atoms with E-state index in [9.17, 15) is 14.4 Å². The van der Waals surface area contributed by atoms with E-state index in [1.54, 1.807) is 18.2 Å². The van der Waals surface area contributed by atoms with Gasteiger partial charge < -0.3 is 10.6 Å². The monoisotopic (exact) mass is 532 g/mol. The van der Waals surface area contributed by atoms with Crippen LogP contribution in [0.3, 0.4) is 0 Å². The van der Waals surface area contributed by atoms with Crippen LogP contribution in [-0.2, 0) is 16.1 Å². The standard InChI is InChI=1S/C27H25BrN4O3/c1-16-4-6-19(7-5-16)15-29-26(34)27(35)31-32-23-9-8-21(28)13-20(23)14-24(32)25(33)30-22-11-17(2)10-18(3)12-22/h4-14H,15H2,1-3H3,(H,29,34)(H,30,33)(H,31,35). The summed E-state index contributed by atoms with van der Waals surface area (Å²) in [7, 11) is 0. The normalized spacial score (nSPS) is 10.7. The number of nitrogens with one attached hydrogen (secondary N) is 3. The molecule has 0 radical (unpaired) electrons. The molecule has 1 heterocycles. The quantitative estimate of drug-likeness (QED) is 0.317. The van der Waals surface area contributed by atoms with E-state index in [0.29, 0.717) is 11.2 Å². The van der Waals surface area contributed by atoms with Crippen LogP contribution >= 0.6 is 15.9 Å². The van der Waals surface area contributed by atoms with Crippen molar-refractivity contribution < 1.29 is 14.4 Å². The molecular weight excluding hydrogens is 508 g/mol. The second-order valence-corrected chi connectivity index (χ2v) is 9.42. The lowest BCUT2D eigenvalue weighted by Crippen LogP contribution is -2.39. The van der Waals surface area contributed by atoms with Gasteiger partial charge in [-0.05, 0) is 73.9 Å². The molecular formula is C27H25BrN4O3. The maximum atomic E-state index is 13.2. The highest BCUT2D eigenvalue weighted by atomic mass is 79.9. The highest BCUT2D eigenvalue weighted by Crippen LogP contribution is 2.24. The van der Waals surface area contributed by atoms with Gasteiger partial charge in [-0.2, -0.15) is 0 Å². The van der Waals surface area contributed by atoms with Crippen molar-refractivity contribution in [3.05, 3.63) is 99.2 Å². The summed E-state index contributed by atoms with van der Waals surface area (Å²) in [5.74, 6) is -2.09. The first-order chi connectivity index (χ1) is 16.7. The number of carbonyl (C=O) groups excluding carboxylic acids is 3. The minimum absolute atomic E-state index is 0.192. The summed E-state index contributed by atoms with van der Waals surface area (Å²) in [6.45, 7) is 6.09. The number of hydrogen-bond donors (Lipinski definition) is 3. The molecule has 4 aromatic rings. The Labute approximate surface area is 211 Å². The van der Waals surface area contributed by atoms with Crippen LogP contribution < -0.4 is 16.1 Å². The zero-order valence-electron chi connectivity index (χ0n) is 19.6. The van der Waals surface area contributed by atoms with Crippen molar-refractivity contribution >= 4 is 50.2 Å². The average molecular weight is 533 g/mol. The number of carbonyl (C=O) groups is 3. The molecule has 0 atom stereocenters. The van der Waals surface area contributed by atoms with Crippen molar-refractivity contribution in [2.24, 2.45) is 0 Å². The van der Waals surface area contributed by atoms with Gasteiger partial charge in [-0.25, -0.2) is 4.68 Å². The number of amides is 3. The summed E-state index contributed by atoms with van der Waals surface area (Å²) >= 11 is 3.43. The number of fused-ring (bicyclic) bond motifs is 1. The van der Waals surface area contributed by atoms with Crippen LogP contribution in [0.5, 0.6) is 0 Å². The molecule has 0 unspecified atom stereocenters. The van der Waals surface area contributed by atoms with E-state index in [1.165, 1.54) is 4.68 Å². The Hall–Kier alpha value is -3.91. The van der Waals surface area contributed by atoms with Gasteiger partial charge in [0.1, 0.15) is 5.69 Å². The number of aryl methyl sites for hydroxylation is 3. The molecule has 0 aliphatic carbocycles. The number of rotatable bonds is 5. The summed E-state index contributed by atoms with van der Waals surface area (Å²) in [6, 6.07) is 20.5. The maximum absolute atomic E-state index is 13.2. The summed E-state index contributed by atoms with van der Waals surface area (Å²) in [6.07, 6.45) is 0. The first-order valence-electron chi connectivity index (χ1n) is 11.0. The number of aromatic nitrogens is 1. The van der Waals surface area contributed by atoms with Crippen LogP contribution in [0, 0.1) is 20.8 Å². The summed E-state index contributed by atoms with van der Waals surface area (Å²) in [5, 5.41) is 6.23. The Balaban J connectivity index is 1.57. The van der Waals surface area contributed by atoms with Gasteiger partial charge in [-0.15, -0.1) is 0 Å². The molecule has 0 bridgehead atoms. The Morgan fingerprint density at radius 3 is 2.17 bits per heavy atom. The fraction of sp³-hybridized carbons (Fsp3) is 0.148. The molecule has 178 valence electrons. The van der Waals surface area contributed by atoms with Gasteiger partial charge in [-0.1, -0.05) is 51.8 Å². The van der Waals surface area contributed by atoms with Crippen molar-refractivity contribution in [1.82, 2.24) is 9.99 Å². The molecule has 3 N–H and O–H groups in total. The van der Waals surface area contributed by atoms with Crippen LogP contribution in [0.15, 0.2) is 71.2 Å². The largest absolute Gasteiger partial charge is 0.344 e. The van der Waals surface area contributed by atoms with Gasteiger partial charge in [0.05, 0.1) is 5.52 Å². The Kier molecular flexibility index (Phi) is 7.02. The molecule has 0 aliphatic heterocycles. The van der Waals surface area contributed by atoms with Gasteiger partial charge in [0, 0.05) is 22.1 Å². The highest BCUT2D eigenvalue weighted by molar-refractivity contribution is 9.10. The van der Waals surface area contributed by atoms with Crippen LogP contribution in [0.4, 0.5) is 5.69 Å². The van der Waals surface area contributed by atoms with Gasteiger partial charge in [0.15, 0.2) is 0 Å². The molecule has 0 aliphatic rings. The number of nitrogens with zero attached hydrogens (tertiary/aromatic N) is 1. The van der Waals surface area contributed by atoms with E-state index in [1.807, 2.05) is 69.3 Å². The molecule has 3 amide bonds. The first-order valence-corrected chi connectivity index (χ1v) is 11.8. The van der Waals surface area contributed by atoms with E-state index in [4.69, 9.17) is 0 Å². The topological polar surface area (TPSA) is 92.2 Å². The lowest BCUT2D eigenvalue weighted by Gasteiger charge is -2.13. The van der Waals surface area contributed by atoms with Crippen LogP contribution in [0.25, 0.3) is 10.9 Å². The first kappa shape index (κ1) is 24.2. The van der Waals surface area contributed by atoms with Crippen LogP contribution in [-0.4, -0.2) is 22.4 Å². The van der Waals surface area contributed by atoms with Crippen LogP contribution in [0.2, 0.25) is 0 Å². The van der Waals surface area contributed by atoms with Crippen molar-refractivity contribution in [1.29, 1.82) is 0 Å². The molecule has 4 rings (SSSR count). The number of hydrogen-bond acceptors (Lipinski definition) is 3. The summed E-state index contributed by atoms with van der Waals surface area (Å²) in [5.41, 5.74) is 8.01. The maximum Gasteiger partial charge on any atom is 0.328 e. The Bertz CT molecular complexity index is 1420. The predicted molar refractivity (Wildman–Crippen MR) is 141 cm³/mol.